The van der Waals surface area contributed by atoms with E-state index in [0.717, 1.165) is 39.4 Å². The van der Waals surface area contributed by atoms with Crippen LogP contribution in [-0.2, 0) is 21.8 Å². The van der Waals surface area contributed by atoms with Crippen LogP contribution in [0.1, 0.15) is 41.5 Å². The second-order valence-corrected chi connectivity index (χ2v) is 11.4. The number of carbonyl (C=O) groups is 2. The van der Waals surface area contributed by atoms with E-state index >= 15 is 0 Å². The molecule has 2 amide bonds. The van der Waals surface area contributed by atoms with Crippen LogP contribution in [0.4, 0.5) is 0 Å². The fourth-order valence-electron chi connectivity index (χ4n) is 6.61. The molecule has 10 heteroatoms. The Hall–Kier alpha value is -5.53. The molecule has 46 heavy (non-hydrogen) atoms. The van der Waals surface area contributed by atoms with Crippen molar-refractivity contribution in [1.29, 1.82) is 5.26 Å². The Kier molecular flexibility index (Phi) is 8.51. The van der Waals surface area contributed by atoms with Crippen LogP contribution in [0.2, 0.25) is 0 Å². The molecule has 2 unspecified atom stereocenters. The van der Waals surface area contributed by atoms with Gasteiger partial charge in [0.05, 0.1) is 25.9 Å². The Morgan fingerprint density at radius 1 is 0.978 bits per heavy atom. The third-order valence-corrected chi connectivity index (χ3v) is 8.64. The number of aromatic amines is 2. The van der Waals surface area contributed by atoms with Crippen molar-refractivity contribution in [1.82, 2.24) is 25.5 Å². The summed E-state index contributed by atoms with van der Waals surface area (Å²) in [6.45, 7) is 2.75. The molecule has 2 atom stereocenters. The number of nitriles is 1. The van der Waals surface area contributed by atoms with E-state index in [1.54, 1.807) is 32.4 Å². The van der Waals surface area contributed by atoms with Crippen LogP contribution >= 0.6 is 0 Å². The lowest BCUT2D eigenvalue weighted by Gasteiger charge is -2.49. The Morgan fingerprint density at radius 2 is 1.72 bits per heavy atom. The molecule has 0 radical (unpaired) electrons. The average molecular weight is 617 g/mol. The van der Waals surface area contributed by atoms with E-state index in [1.165, 1.54) is 6.92 Å². The second-order valence-electron chi connectivity index (χ2n) is 11.4. The fraction of sp³-hybridized carbons (Fsp3) is 0.250. The molecule has 0 aliphatic carbocycles. The number of hydrogen-bond acceptors (Lipinski definition) is 6. The minimum absolute atomic E-state index is 0.179. The van der Waals surface area contributed by atoms with Crippen molar-refractivity contribution in [2.75, 3.05) is 27.3 Å². The van der Waals surface area contributed by atoms with Crippen LogP contribution in [-0.4, -0.2) is 54.0 Å². The Bertz CT molecular complexity index is 1960. The van der Waals surface area contributed by atoms with Gasteiger partial charge in [0.15, 0.2) is 0 Å². The number of carbonyl (C=O) groups excluding carboxylic acids is 2. The lowest BCUT2D eigenvalue weighted by Crippen LogP contribution is -2.64. The fourth-order valence-corrected chi connectivity index (χ4v) is 6.61. The standard InChI is InChI=1S/C36H36N6O4/c1-23(43)41-36(42-13-7-4-8-14-42,31-22-39-32-10-6-5-9-28(31)32)34(30-21-38-33-12-11-24(19-37)17-29(30)33)35(44)40-20-25-15-26(45-2)18-27(16-25)46-3/h4-7,9-12,15-18,21-22,34,38-39H,8,13-14,20H2,1-3H3,(H,40,44)(H,41,43). The lowest BCUT2D eigenvalue weighted by atomic mass is 9.77. The van der Waals surface area contributed by atoms with Crippen LogP contribution < -0.4 is 20.1 Å². The van der Waals surface area contributed by atoms with Crippen molar-refractivity contribution < 1.29 is 19.1 Å². The van der Waals surface area contributed by atoms with Crippen LogP contribution in [0.3, 0.4) is 0 Å². The molecule has 0 saturated carbocycles. The largest absolute Gasteiger partial charge is 0.497 e. The highest BCUT2D eigenvalue weighted by Crippen LogP contribution is 2.46. The third kappa shape index (κ3) is 5.57. The first-order valence-corrected chi connectivity index (χ1v) is 15.1. The molecule has 0 fully saturated rings. The van der Waals surface area contributed by atoms with Crippen molar-refractivity contribution in [3.63, 3.8) is 0 Å². The van der Waals surface area contributed by atoms with E-state index in [2.05, 4.69) is 43.7 Å². The van der Waals surface area contributed by atoms with Crippen LogP contribution in [0.15, 0.2) is 85.2 Å². The number of H-pyrrole nitrogens is 2. The Labute approximate surface area is 267 Å². The van der Waals surface area contributed by atoms with Crippen molar-refractivity contribution in [2.24, 2.45) is 0 Å². The molecule has 10 nitrogen and oxygen atoms in total. The molecule has 234 valence electrons. The van der Waals surface area contributed by atoms with E-state index in [0.29, 0.717) is 35.7 Å². The van der Waals surface area contributed by atoms with Gasteiger partial charge >= 0.3 is 0 Å². The van der Waals surface area contributed by atoms with E-state index < -0.39 is 11.6 Å². The summed E-state index contributed by atoms with van der Waals surface area (Å²) < 4.78 is 10.9. The van der Waals surface area contributed by atoms with Gasteiger partial charge in [-0.2, -0.15) is 5.26 Å². The minimum atomic E-state index is -1.33. The minimum Gasteiger partial charge on any atom is -0.497 e. The number of ether oxygens (including phenoxy) is 2. The van der Waals surface area contributed by atoms with E-state index in [9.17, 15) is 14.9 Å². The van der Waals surface area contributed by atoms with Crippen molar-refractivity contribution in [3.8, 4) is 17.6 Å². The van der Waals surface area contributed by atoms with E-state index in [1.807, 2.05) is 54.9 Å². The topological polar surface area (TPSA) is 135 Å². The van der Waals surface area contributed by atoms with Crippen LogP contribution in [0.5, 0.6) is 11.5 Å². The maximum absolute atomic E-state index is 15.0. The number of nitrogens with zero attached hydrogens (tertiary/aromatic N) is 2. The van der Waals surface area contributed by atoms with Gasteiger partial charge in [-0.05, 0) is 53.9 Å². The van der Waals surface area contributed by atoms with Gasteiger partial charge in [-0.3, -0.25) is 14.5 Å². The first-order valence-electron chi connectivity index (χ1n) is 15.1. The average Bonchev–Trinajstić information content (AvgIpc) is 3.71. The number of methoxy groups -OCH3 is 2. The maximum Gasteiger partial charge on any atom is 0.232 e. The first kappa shape index (κ1) is 30.5. The van der Waals surface area contributed by atoms with Crippen molar-refractivity contribution in [2.45, 2.75) is 31.5 Å². The summed E-state index contributed by atoms with van der Waals surface area (Å²) in [6, 6.07) is 20.9. The van der Waals surface area contributed by atoms with E-state index in [4.69, 9.17) is 9.47 Å². The summed E-state index contributed by atoms with van der Waals surface area (Å²) in [5.74, 6) is -0.344. The van der Waals surface area contributed by atoms with Crippen LogP contribution in [0, 0.1) is 11.3 Å². The molecule has 0 spiro atoms. The summed E-state index contributed by atoms with van der Waals surface area (Å²) in [6.07, 6.45) is 8.63. The number of fused-ring (bicyclic) bond motifs is 2. The molecule has 0 bridgehead atoms. The Balaban J connectivity index is 1.59. The number of nitrogens with one attached hydrogen (secondary N) is 4. The zero-order chi connectivity index (χ0) is 32.3. The molecular weight excluding hydrogens is 580 g/mol. The van der Waals surface area contributed by atoms with Gasteiger partial charge < -0.3 is 30.1 Å². The third-order valence-electron chi connectivity index (χ3n) is 8.64. The zero-order valence-corrected chi connectivity index (χ0v) is 26.0. The van der Waals surface area contributed by atoms with Crippen molar-refractivity contribution >= 4 is 33.6 Å². The summed E-state index contributed by atoms with van der Waals surface area (Å²) >= 11 is 0. The molecule has 6 rings (SSSR count). The molecule has 2 aromatic heterocycles. The van der Waals surface area contributed by atoms with Crippen molar-refractivity contribution in [3.05, 3.63) is 107 Å². The molecule has 3 heterocycles. The predicted octanol–water partition coefficient (Wildman–Crippen LogP) is 5.19. The molecule has 5 aromatic rings. The van der Waals surface area contributed by atoms with Gasteiger partial charge in [0.25, 0.3) is 0 Å². The predicted molar refractivity (Wildman–Crippen MR) is 176 cm³/mol. The highest BCUT2D eigenvalue weighted by molar-refractivity contribution is 5.96. The smallest absolute Gasteiger partial charge is 0.232 e. The molecule has 3 aromatic carbocycles. The lowest BCUT2D eigenvalue weighted by molar-refractivity contribution is -0.132. The number of aromatic nitrogens is 2. The van der Waals surface area contributed by atoms with E-state index in [-0.39, 0.29) is 18.4 Å². The monoisotopic (exact) mass is 616 g/mol. The number of benzene rings is 3. The number of hydrogen-bond donors (Lipinski definition) is 4. The van der Waals surface area contributed by atoms with Gasteiger partial charge in [-0.25, -0.2) is 0 Å². The summed E-state index contributed by atoms with van der Waals surface area (Å²) in [5.41, 5.74) is 3.00. The summed E-state index contributed by atoms with van der Waals surface area (Å²) in [5, 5.41) is 17.9. The highest BCUT2D eigenvalue weighted by Gasteiger charge is 2.52. The zero-order valence-electron chi connectivity index (χ0n) is 26.0. The summed E-state index contributed by atoms with van der Waals surface area (Å²) in [4.78, 5) is 37.2. The van der Waals surface area contributed by atoms with Gasteiger partial charge in [-0.15, -0.1) is 0 Å². The van der Waals surface area contributed by atoms with Crippen LogP contribution in [0.25, 0.3) is 21.8 Å². The molecular formula is C36H36N6O4. The highest BCUT2D eigenvalue weighted by atomic mass is 16.5. The van der Waals surface area contributed by atoms with Gasteiger partial charge in [0, 0.05) is 72.4 Å². The second kappa shape index (κ2) is 12.8. The Morgan fingerprint density at radius 3 is 2.41 bits per heavy atom. The maximum atomic E-state index is 15.0. The van der Waals surface area contributed by atoms with Gasteiger partial charge in [0.2, 0.25) is 11.8 Å². The normalized spacial score (nSPS) is 15.2. The quantitative estimate of drug-likeness (QED) is 0.160. The summed E-state index contributed by atoms with van der Waals surface area (Å²) in [7, 11) is 3.16. The van der Waals surface area contributed by atoms with Gasteiger partial charge in [-0.1, -0.05) is 30.4 Å². The molecule has 4 N–H and O–H groups in total. The molecule has 0 saturated heterocycles. The van der Waals surface area contributed by atoms with Gasteiger partial charge in [0.1, 0.15) is 23.1 Å². The SMILES string of the molecule is COc1cc(CNC(=O)C(c2c[nH]c3ccc(C#N)cc23)C(NC(C)=O)(c2c[nH]c3ccccc23)N2CC=CCC2)cc(OC)c1. The number of amides is 2. The molecule has 1 aliphatic heterocycles. The number of para-hydroxylation sites is 1. The number of rotatable bonds is 10. The first-order chi connectivity index (χ1) is 22.4. The molecule has 1 aliphatic rings.